The van der Waals surface area contributed by atoms with Crippen LogP contribution < -0.4 is 5.32 Å². The Morgan fingerprint density at radius 1 is 1.12 bits per heavy atom. The number of nitrogens with one attached hydrogen (secondary N) is 1. The van der Waals surface area contributed by atoms with E-state index in [1.54, 1.807) is 18.1 Å². The van der Waals surface area contributed by atoms with Gasteiger partial charge < -0.3 is 23.9 Å². The summed E-state index contributed by atoms with van der Waals surface area (Å²) in [6.07, 6.45) is 5.30. The van der Waals surface area contributed by atoms with Crippen molar-refractivity contribution in [2.75, 3.05) is 32.8 Å². The molecule has 1 saturated heterocycles. The number of alkyl carbamates (subject to hydrolysis) is 1. The number of hydrogen-bond acceptors (Lipinski definition) is 8. The van der Waals surface area contributed by atoms with Crippen molar-refractivity contribution in [3.63, 3.8) is 0 Å². The highest BCUT2D eigenvalue weighted by Crippen LogP contribution is 2.42. The number of rotatable bonds is 12. The first-order valence-corrected chi connectivity index (χ1v) is 15.8. The van der Waals surface area contributed by atoms with E-state index in [0.29, 0.717) is 31.6 Å². The van der Waals surface area contributed by atoms with E-state index >= 15 is 0 Å². The van der Waals surface area contributed by atoms with Crippen LogP contribution in [0.3, 0.4) is 0 Å². The summed E-state index contributed by atoms with van der Waals surface area (Å²) in [5.41, 5.74) is 2.33. The van der Waals surface area contributed by atoms with Crippen LogP contribution in [-0.2, 0) is 14.2 Å². The van der Waals surface area contributed by atoms with Gasteiger partial charge in [0.05, 0.1) is 12.8 Å². The molecule has 1 aliphatic carbocycles. The summed E-state index contributed by atoms with van der Waals surface area (Å²) in [4.78, 5) is 17.5. The molecule has 3 aromatic rings. The fraction of sp³-hybridized carbons (Fsp3) is 0.515. The van der Waals surface area contributed by atoms with E-state index in [0.717, 1.165) is 43.7 Å². The van der Waals surface area contributed by atoms with E-state index in [-0.39, 0.29) is 24.4 Å². The third kappa shape index (κ3) is 9.87. The lowest BCUT2D eigenvalue weighted by Gasteiger charge is -2.23. The Balaban J connectivity index is 0.000000507. The first kappa shape index (κ1) is 32.1. The SMILES string of the molecule is CCOC1OCC2C(OC(=O)NCCCN(CC(C)C)Sc3ccc(-c4cnco4)cc3)CCC12.Cc1ccccc1. The molecular formula is C33H45N3O5S. The minimum Gasteiger partial charge on any atom is -0.446 e. The van der Waals surface area contributed by atoms with Gasteiger partial charge in [-0.05, 0) is 63.1 Å². The Hall–Kier alpha value is -2.85. The Morgan fingerprint density at radius 3 is 2.55 bits per heavy atom. The molecule has 1 amide bonds. The van der Waals surface area contributed by atoms with Crippen LogP contribution in [0.4, 0.5) is 4.79 Å². The first-order chi connectivity index (χ1) is 20.4. The summed E-state index contributed by atoms with van der Waals surface area (Å²) in [5, 5.41) is 2.94. The molecule has 1 N–H and O–H groups in total. The predicted molar refractivity (Wildman–Crippen MR) is 166 cm³/mol. The first-order valence-electron chi connectivity index (χ1n) is 15.0. The maximum Gasteiger partial charge on any atom is 0.407 e. The van der Waals surface area contributed by atoms with E-state index < -0.39 is 0 Å². The minimum atomic E-state index is -0.332. The zero-order chi connectivity index (χ0) is 29.7. The quantitative estimate of drug-likeness (QED) is 0.174. The van der Waals surface area contributed by atoms with Gasteiger partial charge in [0.1, 0.15) is 6.10 Å². The molecule has 2 aromatic carbocycles. The molecule has 4 atom stereocenters. The maximum atomic E-state index is 12.4. The summed E-state index contributed by atoms with van der Waals surface area (Å²) in [7, 11) is 0. The number of carbonyl (C=O) groups excluding carboxylic acids is 1. The highest BCUT2D eigenvalue weighted by Gasteiger charge is 2.48. The molecule has 1 aromatic heterocycles. The molecule has 0 bridgehead atoms. The fourth-order valence-corrected chi connectivity index (χ4v) is 6.52. The standard InChI is InChI=1S/C26H37N3O5S.C7H8/c1-4-31-25-21-10-11-23(22(21)16-32-25)34-26(30)28-12-5-13-29(15-18(2)3)35-20-8-6-19(7-9-20)24-14-27-17-33-24;1-7-5-3-2-4-6-7/h6-9,14,17-18,21-23,25H,4-5,10-13,15-16H2,1-3H3,(H,28,30);2-6H,1H3. The molecule has 9 heteroatoms. The number of hydrogen-bond donors (Lipinski definition) is 1. The van der Waals surface area contributed by atoms with Crippen LogP contribution >= 0.6 is 11.9 Å². The molecule has 1 aliphatic heterocycles. The van der Waals surface area contributed by atoms with Crippen molar-refractivity contribution in [1.29, 1.82) is 0 Å². The number of aryl methyl sites for hydroxylation is 1. The largest absolute Gasteiger partial charge is 0.446 e. The van der Waals surface area contributed by atoms with Gasteiger partial charge in [0.2, 0.25) is 0 Å². The van der Waals surface area contributed by atoms with Crippen LogP contribution in [0.1, 0.15) is 45.6 Å². The zero-order valence-corrected chi connectivity index (χ0v) is 26.1. The molecular weight excluding hydrogens is 550 g/mol. The van der Waals surface area contributed by atoms with Crippen LogP contribution in [0.25, 0.3) is 11.3 Å². The Kier molecular flexibility index (Phi) is 12.8. The average Bonchev–Trinajstić information content (AvgIpc) is 3.73. The highest BCUT2D eigenvalue weighted by atomic mass is 32.2. The third-order valence-electron chi connectivity index (χ3n) is 7.37. The molecule has 2 aliphatic rings. The lowest BCUT2D eigenvalue weighted by molar-refractivity contribution is -0.128. The second kappa shape index (κ2) is 16.7. The molecule has 8 nitrogen and oxygen atoms in total. The molecule has 2 heterocycles. The van der Waals surface area contributed by atoms with Crippen LogP contribution in [0, 0.1) is 24.7 Å². The smallest absolute Gasteiger partial charge is 0.407 e. The average molecular weight is 596 g/mol. The minimum absolute atomic E-state index is 0.0848. The van der Waals surface area contributed by atoms with E-state index in [9.17, 15) is 4.79 Å². The summed E-state index contributed by atoms with van der Waals surface area (Å²) in [5.74, 6) is 1.88. The van der Waals surface area contributed by atoms with E-state index in [1.807, 2.05) is 37.3 Å². The van der Waals surface area contributed by atoms with E-state index in [1.165, 1.54) is 16.9 Å². The van der Waals surface area contributed by atoms with Gasteiger partial charge in [-0.1, -0.05) is 61.9 Å². The van der Waals surface area contributed by atoms with Gasteiger partial charge in [-0.15, -0.1) is 0 Å². The van der Waals surface area contributed by atoms with Crippen molar-refractivity contribution in [2.24, 2.45) is 17.8 Å². The fourth-order valence-electron chi connectivity index (χ4n) is 5.37. The number of benzene rings is 2. The van der Waals surface area contributed by atoms with Crippen molar-refractivity contribution in [3.05, 3.63) is 72.8 Å². The van der Waals surface area contributed by atoms with Crippen molar-refractivity contribution >= 4 is 18.0 Å². The Bertz CT molecular complexity index is 1180. The molecule has 2 fully saturated rings. The van der Waals surface area contributed by atoms with Crippen LogP contribution in [0.15, 0.2) is 76.5 Å². The van der Waals surface area contributed by atoms with Gasteiger partial charge in [-0.2, -0.15) is 0 Å². The number of ether oxygens (including phenoxy) is 3. The number of amides is 1. The lowest BCUT2D eigenvalue weighted by Crippen LogP contribution is -2.34. The molecule has 0 spiro atoms. The summed E-state index contributed by atoms with van der Waals surface area (Å²) >= 11 is 1.74. The molecule has 1 saturated carbocycles. The van der Waals surface area contributed by atoms with Crippen molar-refractivity contribution < 1.29 is 23.4 Å². The summed E-state index contributed by atoms with van der Waals surface area (Å²) in [6, 6.07) is 18.6. The Morgan fingerprint density at radius 2 is 1.90 bits per heavy atom. The summed E-state index contributed by atoms with van der Waals surface area (Å²) in [6.45, 7) is 12.1. The van der Waals surface area contributed by atoms with Crippen LogP contribution in [0.2, 0.25) is 0 Å². The molecule has 0 radical (unpaired) electrons. The Labute approximate surface area is 254 Å². The van der Waals surface area contributed by atoms with E-state index in [2.05, 4.69) is 59.6 Å². The monoisotopic (exact) mass is 595 g/mol. The van der Waals surface area contributed by atoms with Crippen LogP contribution in [0.5, 0.6) is 0 Å². The van der Waals surface area contributed by atoms with Gasteiger partial charge in [0.25, 0.3) is 0 Å². The number of nitrogens with zero attached hydrogens (tertiary/aromatic N) is 2. The maximum absolute atomic E-state index is 12.4. The van der Waals surface area contributed by atoms with Crippen molar-refractivity contribution in [3.8, 4) is 11.3 Å². The topological polar surface area (TPSA) is 86.1 Å². The predicted octanol–water partition coefficient (Wildman–Crippen LogP) is 7.21. The molecule has 228 valence electrons. The van der Waals surface area contributed by atoms with Gasteiger partial charge in [0, 0.05) is 48.5 Å². The summed E-state index contributed by atoms with van der Waals surface area (Å²) < 4.78 is 24.9. The third-order valence-corrected chi connectivity index (χ3v) is 8.45. The second-order valence-corrected chi connectivity index (χ2v) is 12.4. The van der Waals surface area contributed by atoms with Gasteiger partial charge >= 0.3 is 6.09 Å². The highest BCUT2D eigenvalue weighted by molar-refractivity contribution is 7.97. The van der Waals surface area contributed by atoms with Gasteiger partial charge in [-0.3, -0.25) is 0 Å². The van der Waals surface area contributed by atoms with Gasteiger partial charge in [0.15, 0.2) is 18.4 Å². The van der Waals surface area contributed by atoms with Gasteiger partial charge in [-0.25, -0.2) is 14.1 Å². The molecule has 5 rings (SSSR count). The number of carbonyl (C=O) groups is 1. The normalized spacial score (nSPS) is 21.2. The second-order valence-electron chi connectivity index (χ2n) is 11.2. The number of oxazole rings is 1. The zero-order valence-electron chi connectivity index (χ0n) is 25.2. The van der Waals surface area contributed by atoms with Crippen LogP contribution in [-0.4, -0.2) is 60.6 Å². The van der Waals surface area contributed by atoms with Crippen molar-refractivity contribution in [1.82, 2.24) is 14.6 Å². The molecule has 42 heavy (non-hydrogen) atoms. The number of aromatic nitrogens is 1. The molecule has 4 unspecified atom stereocenters. The lowest BCUT2D eigenvalue weighted by atomic mass is 9.98. The van der Waals surface area contributed by atoms with Crippen molar-refractivity contribution in [2.45, 2.75) is 64.2 Å². The van der Waals surface area contributed by atoms with E-state index in [4.69, 9.17) is 18.6 Å². The number of fused-ring (bicyclic) bond motifs is 1.